The largest absolute Gasteiger partial charge is 0.504 e. The molecule has 3 aromatic carbocycles. The van der Waals surface area contributed by atoms with E-state index < -0.39 is 0 Å². The topological polar surface area (TPSA) is 67.0 Å². The zero-order chi connectivity index (χ0) is 20.4. The molecule has 0 aliphatic heterocycles. The number of rotatable bonds is 4. The van der Waals surface area contributed by atoms with E-state index in [1.54, 1.807) is 18.2 Å². The summed E-state index contributed by atoms with van der Waals surface area (Å²) in [6.07, 6.45) is 0. The lowest BCUT2D eigenvalue weighted by Gasteiger charge is -2.10. The Morgan fingerprint density at radius 1 is 0.966 bits per heavy atom. The van der Waals surface area contributed by atoms with Gasteiger partial charge in [0.25, 0.3) is 0 Å². The zero-order valence-electron chi connectivity index (χ0n) is 16.6. The molecule has 5 nitrogen and oxygen atoms in total. The Hall–Kier alpha value is -3.73. The van der Waals surface area contributed by atoms with Gasteiger partial charge in [-0.3, -0.25) is 5.43 Å². The van der Waals surface area contributed by atoms with E-state index in [0.29, 0.717) is 11.5 Å². The minimum absolute atomic E-state index is 0.0828. The van der Waals surface area contributed by atoms with Gasteiger partial charge in [0.1, 0.15) is 11.3 Å². The number of fused-ring (bicyclic) bond motifs is 1. The molecule has 0 amide bonds. The Morgan fingerprint density at radius 2 is 1.76 bits per heavy atom. The second-order valence-corrected chi connectivity index (χ2v) is 6.93. The molecule has 0 saturated carbocycles. The Balaban J connectivity index is 1.93. The lowest BCUT2D eigenvalue weighted by atomic mass is 10.0. The van der Waals surface area contributed by atoms with Crippen LogP contribution >= 0.6 is 0 Å². The number of hydrogen-bond acceptors (Lipinski definition) is 5. The highest BCUT2D eigenvalue weighted by atomic mass is 16.5. The Labute approximate surface area is 168 Å². The van der Waals surface area contributed by atoms with Gasteiger partial charge in [0.05, 0.1) is 18.2 Å². The molecule has 0 bridgehead atoms. The van der Waals surface area contributed by atoms with E-state index in [0.717, 1.165) is 38.7 Å². The lowest BCUT2D eigenvalue weighted by molar-refractivity contribution is 0.373. The minimum Gasteiger partial charge on any atom is -0.504 e. The third kappa shape index (κ3) is 3.80. The molecule has 0 saturated heterocycles. The Bertz CT molecular complexity index is 1240. The molecule has 4 aromatic rings. The van der Waals surface area contributed by atoms with Gasteiger partial charge in [-0.05, 0) is 61.4 Å². The molecule has 0 fully saturated rings. The van der Waals surface area contributed by atoms with Crippen molar-refractivity contribution in [2.75, 3.05) is 12.5 Å². The number of para-hydroxylation sites is 1. The van der Waals surface area contributed by atoms with E-state index in [4.69, 9.17) is 9.15 Å². The van der Waals surface area contributed by atoms with Crippen molar-refractivity contribution in [2.24, 2.45) is 5.10 Å². The predicted molar refractivity (Wildman–Crippen MR) is 115 cm³/mol. The van der Waals surface area contributed by atoms with E-state index in [9.17, 15) is 5.11 Å². The summed E-state index contributed by atoms with van der Waals surface area (Å²) >= 11 is 0. The first-order valence-electron chi connectivity index (χ1n) is 9.32. The van der Waals surface area contributed by atoms with Gasteiger partial charge >= 0.3 is 0 Å². The average molecular weight is 386 g/mol. The zero-order valence-corrected chi connectivity index (χ0v) is 16.6. The number of nitrogens with zero attached hydrogens (tertiary/aromatic N) is 1. The van der Waals surface area contributed by atoms with Gasteiger partial charge in [0.15, 0.2) is 11.5 Å². The van der Waals surface area contributed by atoms with Crippen LogP contribution < -0.4 is 15.5 Å². The highest BCUT2D eigenvalue weighted by molar-refractivity contribution is 5.82. The molecule has 2 N–H and O–H groups in total. The fourth-order valence-corrected chi connectivity index (χ4v) is 3.38. The summed E-state index contributed by atoms with van der Waals surface area (Å²) < 4.78 is 11.5. The number of aryl methyl sites for hydroxylation is 2. The highest BCUT2D eigenvalue weighted by Gasteiger charge is 2.11. The SMILES string of the molecule is COc1cc(-c2c/c(=N\Nc3ccccc3)c3c(C)cc(C)cc3o2)ccc1O. The van der Waals surface area contributed by atoms with Crippen molar-refractivity contribution < 1.29 is 14.3 Å². The first kappa shape index (κ1) is 18.6. The summed E-state index contributed by atoms with van der Waals surface area (Å²) in [7, 11) is 1.52. The molecule has 146 valence electrons. The smallest absolute Gasteiger partial charge is 0.161 e. The standard InChI is InChI=1S/C24H22N2O3/c1-15-11-16(2)24-19(26-25-18-7-5-4-6-8-18)14-21(29-23(24)12-15)17-9-10-20(27)22(13-17)28-3/h4-14,25,27H,1-3H3/b26-19+. The average Bonchev–Trinajstić information content (AvgIpc) is 2.72. The summed E-state index contributed by atoms with van der Waals surface area (Å²) in [6.45, 7) is 4.09. The third-order valence-corrected chi connectivity index (χ3v) is 4.73. The van der Waals surface area contributed by atoms with Crippen molar-refractivity contribution in [3.63, 3.8) is 0 Å². The minimum atomic E-state index is 0.0828. The van der Waals surface area contributed by atoms with Crippen molar-refractivity contribution in [1.82, 2.24) is 0 Å². The molecule has 0 aliphatic carbocycles. The van der Waals surface area contributed by atoms with E-state index in [1.165, 1.54) is 7.11 Å². The van der Waals surface area contributed by atoms with Crippen molar-refractivity contribution in [2.45, 2.75) is 13.8 Å². The molecular weight excluding hydrogens is 364 g/mol. The molecule has 0 atom stereocenters. The van der Waals surface area contributed by atoms with Crippen LogP contribution in [0.5, 0.6) is 11.5 Å². The third-order valence-electron chi connectivity index (χ3n) is 4.73. The molecule has 0 aliphatic rings. The van der Waals surface area contributed by atoms with Crippen molar-refractivity contribution in [3.05, 3.63) is 83.2 Å². The quantitative estimate of drug-likeness (QED) is 0.464. The number of methoxy groups -OCH3 is 1. The van der Waals surface area contributed by atoms with Crippen LogP contribution in [0.3, 0.4) is 0 Å². The van der Waals surface area contributed by atoms with Crippen LogP contribution in [0.1, 0.15) is 11.1 Å². The summed E-state index contributed by atoms with van der Waals surface area (Å²) in [6, 6.07) is 20.9. The maximum atomic E-state index is 9.91. The monoisotopic (exact) mass is 386 g/mol. The molecule has 29 heavy (non-hydrogen) atoms. The number of anilines is 1. The van der Waals surface area contributed by atoms with Gasteiger partial charge < -0.3 is 14.3 Å². The fraction of sp³-hybridized carbons (Fsp3) is 0.125. The van der Waals surface area contributed by atoms with Crippen LogP contribution in [0.2, 0.25) is 0 Å². The Kier molecular flexibility index (Phi) is 4.96. The number of aromatic hydroxyl groups is 1. The number of phenols is 1. The summed E-state index contributed by atoms with van der Waals surface area (Å²) in [4.78, 5) is 0. The highest BCUT2D eigenvalue weighted by Crippen LogP contribution is 2.32. The van der Waals surface area contributed by atoms with E-state index in [1.807, 2.05) is 49.4 Å². The number of ether oxygens (including phenoxy) is 1. The van der Waals surface area contributed by atoms with Gasteiger partial charge in [-0.15, -0.1) is 0 Å². The lowest BCUT2D eigenvalue weighted by Crippen LogP contribution is -2.09. The second kappa shape index (κ2) is 7.72. The summed E-state index contributed by atoms with van der Waals surface area (Å²) in [5.74, 6) is 1.10. The summed E-state index contributed by atoms with van der Waals surface area (Å²) in [5.41, 5.74) is 7.77. The number of benzene rings is 3. The van der Waals surface area contributed by atoms with Crippen LogP contribution in [0.4, 0.5) is 5.69 Å². The van der Waals surface area contributed by atoms with Crippen molar-refractivity contribution >= 4 is 16.7 Å². The van der Waals surface area contributed by atoms with Crippen LogP contribution in [0.15, 0.2) is 76.2 Å². The molecular formula is C24H22N2O3. The van der Waals surface area contributed by atoms with E-state index in [-0.39, 0.29) is 5.75 Å². The molecule has 4 rings (SSSR count). The molecule has 0 spiro atoms. The normalized spacial score (nSPS) is 11.6. The van der Waals surface area contributed by atoms with Gasteiger partial charge in [0, 0.05) is 17.0 Å². The van der Waals surface area contributed by atoms with Crippen LogP contribution in [0, 0.1) is 13.8 Å². The van der Waals surface area contributed by atoms with E-state index >= 15 is 0 Å². The molecule has 1 aromatic heterocycles. The van der Waals surface area contributed by atoms with Crippen LogP contribution in [-0.4, -0.2) is 12.2 Å². The molecule has 1 heterocycles. The Morgan fingerprint density at radius 3 is 2.52 bits per heavy atom. The van der Waals surface area contributed by atoms with Crippen molar-refractivity contribution in [1.29, 1.82) is 0 Å². The second-order valence-electron chi connectivity index (χ2n) is 6.93. The first-order chi connectivity index (χ1) is 14.0. The maximum absolute atomic E-state index is 9.91. The predicted octanol–water partition coefficient (Wildman–Crippen LogP) is 5.36. The number of nitrogens with one attached hydrogen (secondary N) is 1. The van der Waals surface area contributed by atoms with Crippen LogP contribution in [0.25, 0.3) is 22.3 Å². The fourth-order valence-electron chi connectivity index (χ4n) is 3.38. The number of hydrogen-bond donors (Lipinski definition) is 2. The van der Waals surface area contributed by atoms with Crippen molar-refractivity contribution in [3.8, 4) is 22.8 Å². The maximum Gasteiger partial charge on any atom is 0.161 e. The van der Waals surface area contributed by atoms with Gasteiger partial charge in [-0.1, -0.05) is 24.3 Å². The van der Waals surface area contributed by atoms with Gasteiger partial charge in [0.2, 0.25) is 0 Å². The van der Waals surface area contributed by atoms with E-state index in [2.05, 4.69) is 23.5 Å². The van der Waals surface area contributed by atoms with Crippen LogP contribution in [-0.2, 0) is 0 Å². The molecule has 0 unspecified atom stereocenters. The van der Waals surface area contributed by atoms with Gasteiger partial charge in [-0.25, -0.2) is 0 Å². The van der Waals surface area contributed by atoms with Gasteiger partial charge in [-0.2, -0.15) is 5.10 Å². The first-order valence-corrected chi connectivity index (χ1v) is 9.32. The number of phenolic OH excluding ortho intramolecular Hbond substituents is 1. The molecule has 0 radical (unpaired) electrons. The summed E-state index contributed by atoms with van der Waals surface area (Å²) in [5, 5.41) is 16.3. The molecule has 5 heteroatoms.